The molecular weight excluding hydrogens is 229 g/mol. The Labute approximate surface area is 96.6 Å². The molecule has 0 radical (unpaired) electrons. The molecule has 1 aromatic carbocycles. The Bertz CT molecular complexity index is 502. The van der Waals surface area contributed by atoms with E-state index in [1.54, 1.807) is 18.3 Å². The molecule has 2 aromatic rings. The Hall–Kier alpha value is -1.49. The molecule has 1 atom stereocenters. The van der Waals surface area contributed by atoms with Gasteiger partial charge in [-0.3, -0.25) is 0 Å². The van der Waals surface area contributed by atoms with E-state index in [4.69, 9.17) is 5.73 Å². The molecule has 2 rings (SSSR count). The van der Waals surface area contributed by atoms with Gasteiger partial charge in [0.05, 0.1) is 0 Å². The van der Waals surface area contributed by atoms with Crippen molar-refractivity contribution in [3.8, 4) is 0 Å². The van der Waals surface area contributed by atoms with Crippen LogP contribution in [0.3, 0.4) is 0 Å². The summed E-state index contributed by atoms with van der Waals surface area (Å²) in [5.74, 6) is 0. The fourth-order valence-electron chi connectivity index (χ4n) is 1.78. The second-order valence-corrected chi connectivity index (χ2v) is 4.08. The van der Waals surface area contributed by atoms with E-state index in [1.807, 2.05) is 12.1 Å². The summed E-state index contributed by atoms with van der Waals surface area (Å²) in [4.78, 5) is 3.01. The zero-order chi connectivity index (χ0) is 12.5. The van der Waals surface area contributed by atoms with E-state index in [1.165, 1.54) is 0 Å². The number of aromatic nitrogens is 1. The van der Waals surface area contributed by atoms with Crippen LogP contribution in [0.25, 0.3) is 10.9 Å². The molecule has 0 aliphatic carbocycles. The number of hydrogen-bond acceptors (Lipinski definition) is 1. The summed E-state index contributed by atoms with van der Waals surface area (Å²) < 4.78 is 36.2. The number of fused-ring (bicyclic) bond motifs is 1. The van der Waals surface area contributed by atoms with Gasteiger partial charge in [-0.05, 0) is 29.5 Å². The van der Waals surface area contributed by atoms with Gasteiger partial charge in [0.2, 0.25) is 0 Å². The Morgan fingerprint density at radius 3 is 2.71 bits per heavy atom. The average molecular weight is 242 g/mol. The summed E-state index contributed by atoms with van der Waals surface area (Å²) in [5.41, 5.74) is 7.37. The van der Waals surface area contributed by atoms with E-state index in [0.29, 0.717) is 0 Å². The largest absolute Gasteiger partial charge is 0.389 e. The lowest BCUT2D eigenvalue weighted by Crippen LogP contribution is -2.15. The molecule has 0 aliphatic heterocycles. The van der Waals surface area contributed by atoms with Gasteiger partial charge in [0.25, 0.3) is 0 Å². The first-order valence-corrected chi connectivity index (χ1v) is 5.35. The van der Waals surface area contributed by atoms with Crippen LogP contribution in [-0.4, -0.2) is 11.2 Å². The van der Waals surface area contributed by atoms with Crippen LogP contribution in [0.5, 0.6) is 0 Å². The van der Waals surface area contributed by atoms with Gasteiger partial charge >= 0.3 is 6.18 Å². The second-order valence-electron chi connectivity index (χ2n) is 4.08. The molecule has 1 heterocycles. The summed E-state index contributed by atoms with van der Waals surface area (Å²) in [6.45, 7) is 0. The van der Waals surface area contributed by atoms with Gasteiger partial charge in [0.1, 0.15) is 0 Å². The second kappa shape index (κ2) is 4.41. The zero-order valence-corrected chi connectivity index (χ0v) is 9.09. The lowest BCUT2D eigenvalue weighted by Gasteiger charge is -2.13. The number of rotatable bonds is 3. The fourth-order valence-corrected chi connectivity index (χ4v) is 1.78. The van der Waals surface area contributed by atoms with Gasteiger partial charge in [-0.2, -0.15) is 13.2 Å². The van der Waals surface area contributed by atoms with Crippen molar-refractivity contribution in [2.45, 2.75) is 25.1 Å². The first-order valence-electron chi connectivity index (χ1n) is 5.35. The minimum Gasteiger partial charge on any atom is -0.361 e. The Balaban J connectivity index is 2.10. The summed E-state index contributed by atoms with van der Waals surface area (Å²) in [7, 11) is 0. The highest BCUT2D eigenvalue weighted by molar-refractivity contribution is 5.79. The van der Waals surface area contributed by atoms with Gasteiger partial charge in [-0.15, -0.1) is 0 Å². The number of nitrogens with two attached hydrogens (primary N) is 1. The minimum atomic E-state index is -4.14. The van der Waals surface area contributed by atoms with Gasteiger partial charge in [-0.25, -0.2) is 0 Å². The van der Waals surface area contributed by atoms with Gasteiger partial charge < -0.3 is 10.7 Å². The number of nitrogens with one attached hydrogen (secondary N) is 1. The van der Waals surface area contributed by atoms with Crippen molar-refractivity contribution in [3.63, 3.8) is 0 Å². The third-order valence-corrected chi connectivity index (χ3v) is 2.75. The van der Waals surface area contributed by atoms with Crippen LogP contribution < -0.4 is 5.73 Å². The molecule has 17 heavy (non-hydrogen) atoms. The molecule has 0 bridgehead atoms. The molecular formula is C12H13F3N2. The number of aromatic amines is 1. The Morgan fingerprint density at radius 2 is 2.00 bits per heavy atom. The molecule has 0 fully saturated rings. The van der Waals surface area contributed by atoms with Crippen molar-refractivity contribution in [1.29, 1.82) is 0 Å². The van der Waals surface area contributed by atoms with Crippen LogP contribution in [-0.2, 0) is 0 Å². The quantitative estimate of drug-likeness (QED) is 0.849. The van der Waals surface area contributed by atoms with Crippen molar-refractivity contribution in [1.82, 2.24) is 4.98 Å². The number of alkyl halides is 3. The lowest BCUT2D eigenvalue weighted by atomic mass is 10.0. The first kappa shape index (κ1) is 12.0. The maximum atomic E-state index is 12.1. The molecule has 92 valence electrons. The fraction of sp³-hybridized carbons (Fsp3) is 0.333. The van der Waals surface area contributed by atoms with Gasteiger partial charge in [0.15, 0.2) is 0 Å². The van der Waals surface area contributed by atoms with Crippen LogP contribution in [0.2, 0.25) is 0 Å². The lowest BCUT2D eigenvalue weighted by molar-refractivity contribution is -0.136. The van der Waals surface area contributed by atoms with Crippen LogP contribution >= 0.6 is 0 Å². The van der Waals surface area contributed by atoms with E-state index < -0.39 is 18.6 Å². The molecule has 0 unspecified atom stereocenters. The number of halogens is 3. The van der Waals surface area contributed by atoms with E-state index in [0.717, 1.165) is 16.5 Å². The third-order valence-electron chi connectivity index (χ3n) is 2.75. The van der Waals surface area contributed by atoms with E-state index in [2.05, 4.69) is 4.98 Å². The summed E-state index contributed by atoms with van der Waals surface area (Å²) in [6.07, 6.45) is -3.30. The monoisotopic (exact) mass is 242 g/mol. The molecule has 2 nitrogen and oxygen atoms in total. The normalized spacial score (nSPS) is 14.1. The van der Waals surface area contributed by atoms with Gasteiger partial charge in [-0.1, -0.05) is 12.1 Å². The first-order chi connectivity index (χ1) is 7.96. The topological polar surface area (TPSA) is 41.8 Å². The van der Waals surface area contributed by atoms with Crippen LogP contribution in [0.15, 0.2) is 30.5 Å². The van der Waals surface area contributed by atoms with Crippen molar-refractivity contribution in [3.05, 3.63) is 36.0 Å². The van der Waals surface area contributed by atoms with Crippen molar-refractivity contribution < 1.29 is 13.2 Å². The predicted octanol–water partition coefficient (Wildman–Crippen LogP) is 3.51. The Morgan fingerprint density at radius 1 is 1.24 bits per heavy atom. The maximum Gasteiger partial charge on any atom is 0.389 e. The van der Waals surface area contributed by atoms with Crippen LogP contribution in [0.4, 0.5) is 13.2 Å². The molecule has 5 heteroatoms. The molecule has 0 amide bonds. The molecule has 3 N–H and O–H groups in total. The standard InChI is InChI=1S/C12H13F3N2/c13-12(14,15)5-3-10(16)9-2-1-8-4-6-17-11(8)7-9/h1-2,4,6-7,10,17H,3,5,16H2/t10-/m1/s1. The zero-order valence-electron chi connectivity index (χ0n) is 9.09. The summed E-state index contributed by atoms with van der Waals surface area (Å²) in [6, 6.07) is 6.76. The summed E-state index contributed by atoms with van der Waals surface area (Å²) >= 11 is 0. The average Bonchev–Trinajstić information content (AvgIpc) is 2.71. The van der Waals surface area contributed by atoms with Crippen molar-refractivity contribution >= 4 is 10.9 Å². The van der Waals surface area contributed by atoms with E-state index in [9.17, 15) is 13.2 Å². The number of hydrogen-bond donors (Lipinski definition) is 2. The minimum absolute atomic E-state index is 0.0876. The predicted molar refractivity (Wildman–Crippen MR) is 60.5 cm³/mol. The van der Waals surface area contributed by atoms with Crippen molar-refractivity contribution in [2.24, 2.45) is 5.73 Å². The Kier molecular flexibility index (Phi) is 3.11. The molecule has 0 saturated carbocycles. The maximum absolute atomic E-state index is 12.1. The molecule has 1 aromatic heterocycles. The SMILES string of the molecule is N[C@H](CCC(F)(F)F)c1ccc2cc[nH]c2c1. The molecule has 0 saturated heterocycles. The van der Waals surface area contributed by atoms with Crippen LogP contribution in [0.1, 0.15) is 24.4 Å². The van der Waals surface area contributed by atoms with E-state index >= 15 is 0 Å². The highest BCUT2D eigenvalue weighted by atomic mass is 19.4. The molecule has 0 spiro atoms. The molecule has 0 aliphatic rings. The number of benzene rings is 1. The highest BCUT2D eigenvalue weighted by Crippen LogP contribution is 2.27. The number of H-pyrrole nitrogens is 1. The third kappa shape index (κ3) is 3.00. The van der Waals surface area contributed by atoms with Gasteiger partial charge in [0, 0.05) is 24.2 Å². The summed E-state index contributed by atoms with van der Waals surface area (Å²) in [5, 5.41) is 1.02. The van der Waals surface area contributed by atoms with E-state index in [-0.39, 0.29) is 6.42 Å². The van der Waals surface area contributed by atoms with Crippen LogP contribution in [0, 0.1) is 0 Å². The van der Waals surface area contributed by atoms with Crippen molar-refractivity contribution in [2.75, 3.05) is 0 Å². The smallest absolute Gasteiger partial charge is 0.361 e. The highest BCUT2D eigenvalue weighted by Gasteiger charge is 2.27.